The van der Waals surface area contributed by atoms with Gasteiger partial charge in [0.1, 0.15) is 0 Å². The van der Waals surface area contributed by atoms with Crippen LogP contribution in [-0.2, 0) is 19.5 Å². The zero-order chi connectivity index (χ0) is 15.0. The average Bonchev–Trinajstić information content (AvgIpc) is 2.51. The van der Waals surface area contributed by atoms with Crippen molar-refractivity contribution in [2.75, 3.05) is 13.1 Å². The lowest BCUT2D eigenvalue weighted by atomic mass is 9.93. The number of nitrogens with zero attached hydrogens (tertiary/aromatic N) is 2. The number of rotatable bonds is 3. The molecule has 3 heteroatoms. The maximum atomic E-state index is 6.11. The normalized spacial score (nSPS) is 15.7. The third kappa shape index (κ3) is 2.56. The number of pyridine rings is 1. The number of hydrogen-bond acceptors (Lipinski definition) is 3. The van der Waals surface area contributed by atoms with E-state index in [9.17, 15) is 0 Å². The quantitative estimate of drug-likeness (QED) is 0.940. The molecule has 1 aromatic carbocycles. The van der Waals surface area contributed by atoms with Crippen molar-refractivity contribution in [2.45, 2.75) is 46.2 Å². The molecule has 2 N–H and O–H groups in total. The number of benzene rings is 1. The summed E-state index contributed by atoms with van der Waals surface area (Å²) in [5.74, 6) is 0.531. The first-order valence-corrected chi connectivity index (χ1v) is 8.00. The minimum atomic E-state index is 0.531. The molecular weight excluding hydrogens is 258 g/mol. The summed E-state index contributed by atoms with van der Waals surface area (Å²) < 4.78 is 0. The minimum absolute atomic E-state index is 0.531. The van der Waals surface area contributed by atoms with E-state index in [0.29, 0.717) is 12.5 Å². The van der Waals surface area contributed by atoms with Gasteiger partial charge < -0.3 is 5.73 Å². The van der Waals surface area contributed by atoms with Crippen molar-refractivity contribution in [3.05, 3.63) is 40.6 Å². The van der Waals surface area contributed by atoms with E-state index in [1.807, 2.05) is 0 Å². The summed E-state index contributed by atoms with van der Waals surface area (Å²) in [6, 6.07) is 6.66. The molecule has 1 aliphatic rings. The van der Waals surface area contributed by atoms with Gasteiger partial charge in [-0.1, -0.05) is 26.8 Å². The zero-order valence-electron chi connectivity index (χ0n) is 13.3. The Labute approximate surface area is 127 Å². The molecule has 0 aliphatic carbocycles. The fraction of sp³-hybridized carbons (Fsp3) is 0.500. The summed E-state index contributed by atoms with van der Waals surface area (Å²) >= 11 is 0. The van der Waals surface area contributed by atoms with Crippen LogP contribution >= 0.6 is 0 Å². The molecule has 0 unspecified atom stereocenters. The molecule has 0 radical (unpaired) electrons. The molecule has 0 amide bonds. The van der Waals surface area contributed by atoms with Crippen molar-refractivity contribution in [1.29, 1.82) is 0 Å². The van der Waals surface area contributed by atoms with E-state index in [2.05, 4.69) is 43.9 Å². The molecule has 3 nitrogen and oxygen atoms in total. The van der Waals surface area contributed by atoms with Gasteiger partial charge in [0.25, 0.3) is 0 Å². The fourth-order valence-electron chi connectivity index (χ4n) is 3.26. The summed E-state index contributed by atoms with van der Waals surface area (Å²) in [5, 5.41) is 1.25. The number of nitrogens with two attached hydrogens (primary N) is 1. The highest BCUT2D eigenvalue weighted by Gasteiger charge is 2.21. The smallest absolute Gasteiger partial charge is 0.0709 e. The molecule has 0 saturated carbocycles. The van der Waals surface area contributed by atoms with Crippen molar-refractivity contribution >= 4 is 10.9 Å². The Hall–Kier alpha value is -1.45. The first-order chi connectivity index (χ1) is 10.1. The molecule has 21 heavy (non-hydrogen) atoms. The fourth-order valence-corrected chi connectivity index (χ4v) is 3.26. The van der Waals surface area contributed by atoms with Crippen LogP contribution in [0.25, 0.3) is 10.9 Å². The van der Waals surface area contributed by atoms with Gasteiger partial charge >= 0.3 is 0 Å². The van der Waals surface area contributed by atoms with Gasteiger partial charge in [-0.05, 0) is 41.3 Å². The topological polar surface area (TPSA) is 42.2 Å². The number of hydrogen-bond donors (Lipinski definition) is 1. The second-order valence-corrected chi connectivity index (χ2v) is 6.27. The molecule has 1 aromatic heterocycles. The predicted octanol–water partition coefficient (Wildman–Crippen LogP) is 3.19. The van der Waals surface area contributed by atoms with Gasteiger partial charge in [-0.15, -0.1) is 0 Å². The monoisotopic (exact) mass is 283 g/mol. The van der Waals surface area contributed by atoms with Crippen LogP contribution < -0.4 is 5.73 Å². The lowest BCUT2D eigenvalue weighted by Crippen LogP contribution is -2.32. The maximum Gasteiger partial charge on any atom is 0.0709 e. The second-order valence-electron chi connectivity index (χ2n) is 6.27. The predicted molar refractivity (Wildman–Crippen MR) is 88.4 cm³/mol. The van der Waals surface area contributed by atoms with Gasteiger partial charge in [0.05, 0.1) is 5.52 Å². The van der Waals surface area contributed by atoms with Gasteiger partial charge in [0.2, 0.25) is 0 Å². The van der Waals surface area contributed by atoms with Crippen molar-refractivity contribution in [3.63, 3.8) is 0 Å². The maximum absolute atomic E-state index is 6.11. The van der Waals surface area contributed by atoms with Crippen LogP contribution in [0.1, 0.15) is 49.1 Å². The zero-order valence-corrected chi connectivity index (χ0v) is 13.3. The number of aromatic nitrogens is 1. The average molecular weight is 283 g/mol. The molecule has 0 saturated heterocycles. The van der Waals surface area contributed by atoms with Crippen LogP contribution in [0.5, 0.6) is 0 Å². The van der Waals surface area contributed by atoms with Crippen molar-refractivity contribution in [1.82, 2.24) is 9.88 Å². The summed E-state index contributed by atoms with van der Waals surface area (Å²) in [7, 11) is 0. The van der Waals surface area contributed by atoms with Crippen LogP contribution in [0.15, 0.2) is 18.2 Å². The van der Waals surface area contributed by atoms with Crippen LogP contribution in [0.4, 0.5) is 0 Å². The largest absolute Gasteiger partial charge is 0.326 e. The van der Waals surface area contributed by atoms with Crippen LogP contribution in [0.3, 0.4) is 0 Å². The van der Waals surface area contributed by atoms with Crippen LogP contribution in [0, 0.1) is 0 Å². The Morgan fingerprint density at radius 2 is 2.14 bits per heavy atom. The van der Waals surface area contributed by atoms with Gasteiger partial charge in [0.15, 0.2) is 0 Å². The molecule has 0 atom stereocenters. The van der Waals surface area contributed by atoms with Gasteiger partial charge in [-0.25, -0.2) is 0 Å². The lowest BCUT2D eigenvalue weighted by Gasteiger charge is -2.29. The Bertz CT molecular complexity index is 661. The standard InChI is InChI=1S/C18H25N3/c1-4-21-8-7-18-16(11-21)15(10-19)14-9-13(12(2)3)5-6-17(14)20-18/h5-6,9,12H,4,7-8,10-11,19H2,1-3H3. The molecule has 3 rings (SSSR count). The lowest BCUT2D eigenvalue weighted by molar-refractivity contribution is 0.265. The third-order valence-corrected chi connectivity index (χ3v) is 4.68. The molecule has 2 heterocycles. The molecule has 0 spiro atoms. The van der Waals surface area contributed by atoms with E-state index in [1.54, 1.807) is 0 Å². The summed E-state index contributed by atoms with van der Waals surface area (Å²) in [5.41, 5.74) is 12.5. The molecule has 0 bridgehead atoms. The van der Waals surface area contributed by atoms with Crippen molar-refractivity contribution in [3.8, 4) is 0 Å². The van der Waals surface area contributed by atoms with Gasteiger partial charge in [-0.2, -0.15) is 0 Å². The molecule has 0 fully saturated rings. The molecule has 112 valence electrons. The second kappa shape index (κ2) is 5.74. The SMILES string of the molecule is CCN1CCc2nc3ccc(C(C)C)cc3c(CN)c2C1. The van der Waals surface area contributed by atoms with E-state index in [1.165, 1.54) is 27.8 Å². The molecular formula is C18H25N3. The van der Waals surface area contributed by atoms with Gasteiger partial charge in [-0.3, -0.25) is 9.88 Å². The highest BCUT2D eigenvalue weighted by molar-refractivity contribution is 5.84. The minimum Gasteiger partial charge on any atom is -0.326 e. The van der Waals surface area contributed by atoms with E-state index in [0.717, 1.165) is 31.6 Å². The third-order valence-electron chi connectivity index (χ3n) is 4.68. The van der Waals surface area contributed by atoms with E-state index >= 15 is 0 Å². The number of fused-ring (bicyclic) bond motifs is 2. The van der Waals surface area contributed by atoms with Crippen LogP contribution in [-0.4, -0.2) is 23.0 Å². The Morgan fingerprint density at radius 3 is 2.81 bits per heavy atom. The Kier molecular flexibility index (Phi) is 3.96. The molecule has 2 aromatic rings. The van der Waals surface area contributed by atoms with E-state index in [4.69, 9.17) is 10.7 Å². The summed E-state index contributed by atoms with van der Waals surface area (Å²) in [6.45, 7) is 10.5. The van der Waals surface area contributed by atoms with E-state index < -0.39 is 0 Å². The Morgan fingerprint density at radius 1 is 1.33 bits per heavy atom. The Balaban J connectivity index is 2.20. The summed E-state index contributed by atoms with van der Waals surface area (Å²) in [4.78, 5) is 7.38. The summed E-state index contributed by atoms with van der Waals surface area (Å²) in [6.07, 6.45) is 1.04. The molecule has 1 aliphatic heterocycles. The highest BCUT2D eigenvalue weighted by Crippen LogP contribution is 2.29. The van der Waals surface area contributed by atoms with Gasteiger partial charge in [0, 0.05) is 37.1 Å². The van der Waals surface area contributed by atoms with Crippen molar-refractivity contribution < 1.29 is 0 Å². The van der Waals surface area contributed by atoms with E-state index in [-0.39, 0.29) is 0 Å². The van der Waals surface area contributed by atoms with Crippen LogP contribution in [0.2, 0.25) is 0 Å². The van der Waals surface area contributed by atoms with Crippen molar-refractivity contribution in [2.24, 2.45) is 5.73 Å². The first kappa shape index (κ1) is 14.5. The number of likely N-dealkylation sites (N-methyl/N-ethyl adjacent to an activating group) is 1. The highest BCUT2D eigenvalue weighted by atomic mass is 15.1. The first-order valence-electron chi connectivity index (χ1n) is 8.00.